The molecule has 114 valence electrons. The molecule has 1 aliphatic carbocycles. The maximum atomic E-state index is 12.3. The molecule has 1 aliphatic rings. The van der Waals surface area contributed by atoms with E-state index in [0.29, 0.717) is 12.8 Å². The number of nitrogens with zero attached hydrogens (tertiary/aromatic N) is 3. The molecule has 7 heteroatoms. The molecule has 4 N–H and O–H groups in total. The number of hydrogen-bond acceptors (Lipinski definition) is 5. The maximum Gasteiger partial charge on any atom is 0.272 e. The second-order valence-corrected chi connectivity index (χ2v) is 5.38. The maximum absolute atomic E-state index is 12.3. The first-order chi connectivity index (χ1) is 10.2. The van der Waals surface area contributed by atoms with Gasteiger partial charge in [0.2, 0.25) is 0 Å². The van der Waals surface area contributed by atoms with Gasteiger partial charge >= 0.3 is 0 Å². The molecule has 7 nitrogen and oxygen atoms in total. The average molecular weight is 291 g/mol. The van der Waals surface area contributed by atoms with Crippen LogP contribution in [0.2, 0.25) is 0 Å². The minimum atomic E-state index is -0.802. The second kappa shape index (κ2) is 7.01. The number of aromatic nitrogens is 2. The molecule has 0 unspecified atom stereocenters. The van der Waals surface area contributed by atoms with Gasteiger partial charge in [0.1, 0.15) is 11.2 Å². The Morgan fingerprint density at radius 3 is 2.48 bits per heavy atom. The number of nitrogens with one attached hydrogen (secondary N) is 1. The van der Waals surface area contributed by atoms with E-state index in [4.69, 9.17) is 10.9 Å². The zero-order valence-corrected chi connectivity index (χ0v) is 12.0. The van der Waals surface area contributed by atoms with Crippen LogP contribution in [-0.4, -0.2) is 32.5 Å². The van der Waals surface area contributed by atoms with Crippen LogP contribution in [0.25, 0.3) is 0 Å². The first-order valence-electron chi connectivity index (χ1n) is 7.24. The Morgan fingerprint density at radius 2 is 1.90 bits per heavy atom. The summed E-state index contributed by atoms with van der Waals surface area (Å²) < 4.78 is 0. The highest BCUT2D eigenvalue weighted by Crippen LogP contribution is 2.27. The van der Waals surface area contributed by atoms with E-state index in [1.807, 2.05) is 0 Å². The summed E-state index contributed by atoms with van der Waals surface area (Å²) in [6, 6.07) is 0. The van der Waals surface area contributed by atoms with Crippen molar-refractivity contribution in [3.05, 3.63) is 24.3 Å². The van der Waals surface area contributed by atoms with Gasteiger partial charge in [-0.3, -0.25) is 9.78 Å². The molecule has 0 bridgehead atoms. The molecule has 0 saturated heterocycles. The fraction of sp³-hybridized carbons (Fsp3) is 0.571. The summed E-state index contributed by atoms with van der Waals surface area (Å²) >= 11 is 0. The van der Waals surface area contributed by atoms with E-state index in [9.17, 15) is 4.79 Å². The molecule has 0 radical (unpaired) electrons. The fourth-order valence-corrected chi connectivity index (χ4v) is 2.75. The van der Waals surface area contributed by atoms with E-state index in [1.54, 1.807) is 0 Å². The van der Waals surface area contributed by atoms with Gasteiger partial charge in [-0.1, -0.05) is 37.3 Å². The van der Waals surface area contributed by atoms with E-state index in [2.05, 4.69) is 20.4 Å². The van der Waals surface area contributed by atoms with Gasteiger partial charge in [-0.05, 0) is 12.8 Å². The molecule has 1 aromatic rings. The van der Waals surface area contributed by atoms with Crippen molar-refractivity contribution in [2.75, 3.05) is 0 Å². The smallest absolute Gasteiger partial charge is 0.272 e. The van der Waals surface area contributed by atoms with Crippen LogP contribution in [0, 0.1) is 0 Å². The molecule has 1 aromatic heterocycles. The van der Waals surface area contributed by atoms with Crippen molar-refractivity contribution in [3.8, 4) is 0 Å². The van der Waals surface area contributed by atoms with Crippen LogP contribution in [0.15, 0.2) is 23.7 Å². The predicted molar refractivity (Wildman–Crippen MR) is 78.0 cm³/mol. The van der Waals surface area contributed by atoms with E-state index in [-0.39, 0.29) is 17.4 Å². The number of carbonyl (C=O) groups excluding carboxylic acids is 1. The predicted octanol–water partition coefficient (Wildman–Crippen LogP) is 1.44. The van der Waals surface area contributed by atoms with Crippen molar-refractivity contribution >= 4 is 11.7 Å². The number of rotatable bonds is 3. The number of amidine groups is 1. The summed E-state index contributed by atoms with van der Waals surface area (Å²) in [7, 11) is 0. The summed E-state index contributed by atoms with van der Waals surface area (Å²) in [6.45, 7) is 0. The lowest BCUT2D eigenvalue weighted by molar-refractivity contribution is 0.0905. The van der Waals surface area contributed by atoms with Gasteiger partial charge in [0, 0.05) is 12.4 Å². The molecule has 0 aromatic carbocycles. The molecular formula is C14H21N5O2. The molecule has 21 heavy (non-hydrogen) atoms. The van der Waals surface area contributed by atoms with Crippen LogP contribution in [0.3, 0.4) is 0 Å². The third-order valence-electron chi connectivity index (χ3n) is 3.95. The monoisotopic (exact) mass is 291 g/mol. The standard InChI is InChI=1S/C14H21N5O2/c15-13(19-21)14(6-4-2-1-3-5-7-14)18-12(20)11-10-16-8-9-17-11/h8-10,21H,1-7H2,(H2,15,19)(H,18,20). The van der Waals surface area contributed by atoms with Gasteiger partial charge in [0.25, 0.3) is 5.91 Å². The molecule has 2 rings (SSSR count). The zero-order valence-electron chi connectivity index (χ0n) is 12.0. The lowest BCUT2D eigenvalue weighted by Gasteiger charge is -2.35. The average Bonchev–Trinajstić information content (AvgIpc) is 2.50. The highest BCUT2D eigenvalue weighted by Gasteiger charge is 2.37. The summed E-state index contributed by atoms with van der Waals surface area (Å²) in [6.07, 6.45) is 10.9. The number of hydrogen-bond donors (Lipinski definition) is 3. The van der Waals surface area contributed by atoms with Crippen LogP contribution >= 0.6 is 0 Å². The number of nitrogens with two attached hydrogens (primary N) is 1. The normalized spacial score (nSPS) is 19.3. The van der Waals surface area contributed by atoms with Gasteiger partial charge in [-0.15, -0.1) is 0 Å². The zero-order chi connectivity index (χ0) is 15.1. The molecule has 1 heterocycles. The molecule has 1 fully saturated rings. The first kappa shape index (κ1) is 15.2. The summed E-state index contributed by atoms with van der Waals surface area (Å²) in [4.78, 5) is 20.2. The lowest BCUT2D eigenvalue weighted by Crippen LogP contribution is -2.58. The summed E-state index contributed by atoms with van der Waals surface area (Å²) in [5, 5.41) is 15.1. The van der Waals surface area contributed by atoms with Crippen LogP contribution < -0.4 is 11.1 Å². The molecule has 0 aliphatic heterocycles. The van der Waals surface area contributed by atoms with Crippen molar-refractivity contribution < 1.29 is 10.0 Å². The third kappa shape index (κ3) is 3.68. The Morgan fingerprint density at radius 1 is 1.24 bits per heavy atom. The van der Waals surface area contributed by atoms with Gasteiger partial charge < -0.3 is 16.3 Å². The van der Waals surface area contributed by atoms with Gasteiger partial charge in [0.05, 0.1) is 6.20 Å². The quantitative estimate of drug-likeness (QED) is 0.337. The largest absolute Gasteiger partial charge is 0.409 e. The van der Waals surface area contributed by atoms with Crippen molar-refractivity contribution in [2.45, 2.75) is 50.5 Å². The van der Waals surface area contributed by atoms with E-state index < -0.39 is 5.54 Å². The number of carbonyl (C=O) groups is 1. The first-order valence-corrected chi connectivity index (χ1v) is 7.24. The highest BCUT2D eigenvalue weighted by atomic mass is 16.4. The molecule has 1 saturated carbocycles. The molecular weight excluding hydrogens is 270 g/mol. The topological polar surface area (TPSA) is 113 Å². The van der Waals surface area contributed by atoms with Crippen LogP contribution in [0.4, 0.5) is 0 Å². The Bertz CT molecular complexity index is 495. The minimum absolute atomic E-state index is 0.0571. The van der Waals surface area contributed by atoms with Crippen molar-refractivity contribution in [3.63, 3.8) is 0 Å². The van der Waals surface area contributed by atoms with E-state index >= 15 is 0 Å². The van der Waals surface area contributed by atoms with Crippen molar-refractivity contribution in [1.82, 2.24) is 15.3 Å². The van der Waals surface area contributed by atoms with Crippen molar-refractivity contribution in [2.24, 2.45) is 10.9 Å². The van der Waals surface area contributed by atoms with Gasteiger partial charge in [0.15, 0.2) is 5.84 Å². The Labute approximate surface area is 123 Å². The van der Waals surface area contributed by atoms with E-state index in [1.165, 1.54) is 25.0 Å². The lowest BCUT2D eigenvalue weighted by atomic mass is 9.82. The molecule has 1 amide bonds. The minimum Gasteiger partial charge on any atom is -0.409 e. The number of amides is 1. The van der Waals surface area contributed by atoms with E-state index in [0.717, 1.165) is 25.7 Å². The SMILES string of the molecule is NC(=NO)C1(NC(=O)c2cnccn2)CCCCCCC1. The highest BCUT2D eigenvalue weighted by molar-refractivity contribution is 5.99. The third-order valence-corrected chi connectivity index (χ3v) is 3.95. The van der Waals surface area contributed by atoms with Crippen LogP contribution in [-0.2, 0) is 0 Å². The van der Waals surface area contributed by atoms with Crippen molar-refractivity contribution in [1.29, 1.82) is 0 Å². The second-order valence-electron chi connectivity index (χ2n) is 5.38. The summed E-state index contributed by atoms with van der Waals surface area (Å²) in [5.74, 6) is -0.295. The van der Waals surface area contributed by atoms with Gasteiger partial charge in [-0.25, -0.2) is 4.98 Å². The summed E-state index contributed by atoms with van der Waals surface area (Å²) in [5.41, 5.74) is 5.30. The fourth-order valence-electron chi connectivity index (χ4n) is 2.75. The van der Waals surface area contributed by atoms with Crippen LogP contribution in [0.5, 0.6) is 0 Å². The molecule has 0 atom stereocenters. The Balaban J connectivity index is 2.21. The Hall–Kier alpha value is -2.18. The van der Waals surface area contributed by atoms with Crippen LogP contribution in [0.1, 0.15) is 55.4 Å². The number of oxime groups is 1. The molecule has 0 spiro atoms. The van der Waals surface area contributed by atoms with Gasteiger partial charge in [-0.2, -0.15) is 0 Å². The Kier molecular flexibility index (Phi) is 5.08.